The van der Waals surface area contributed by atoms with Gasteiger partial charge in [0.05, 0.1) is 27.3 Å². The first-order valence-corrected chi connectivity index (χ1v) is 13.0. The number of amides is 1. The van der Waals surface area contributed by atoms with Crippen LogP contribution in [-0.4, -0.2) is 25.4 Å². The van der Waals surface area contributed by atoms with Gasteiger partial charge in [0, 0.05) is 12.1 Å². The lowest BCUT2D eigenvalue weighted by molar-refractivity contribution is 0.0998. The number of rotatable bonds is 4. The van der Waals surface area contributed by atoms with Crippen molar-refractivity contribution in [2.75, 3.05) is 10.8 Å². The van der Waals surface area contributed by atoms with E-state index in [4.69, 9.17) is 6.42 Å². The molecule has 0 radical (unpaired) electrons. The second-order valence-electron chi connectivity index (χ2n) is 7.99. The Hall–Kier alpha value is -3.67. The molecular formula is C26H21N3O3S2. The number of hydrogen-bond donors (Lipinski definition) is 0. The van der Waals surface area contributed by atoms with E-state index in [1.807, 2.05) is 54.0 Å². The predicted octanol–water partition coefficient (Wildman–Crippen LogP) is 4.14. The Morgan fingerprint density at radius 3 is 2.62 bits per heavy atom. The van der Waals surface area contributed by atoms with Crippen molar-refractivity contribution in [1.82, 2.24) is 4.57 Å². The Balaban J connectivity index is 1.48. The maximum absolute atomic E-state index is 13.2. The van der Waals surface area contributed by atoms with Crippen molar-refractivity contribution in [2.45, 2.75) is 24.8 Å². The van der Waals surface area contributed by atoms with Crippen molar-refractivity contribution < 1.29 is 13.2 Å². The van der Waals surface area contributed by atoms with Crippen LogP contribution in [0.25, 0.3) is 10.2 Å². The zero-order chi connectivity index (χ0) is 23.9. The minimum Gasteiger partial charge on any atom is -0.304 e. The SMILES string of the molecule is C#CCn1c(=NC(=O)c2ccc(S(=O)(=O)N3CCc4ccccc43)cc2)sc2cccc(C)c21. The van der Waals surface area contributed by atoms with Gasteiger partial charge < -0.3 is 4.57 Å². The van der Waals surface area contributed by atoms with Crippen molar-refractivity contribution in [1.29, 1.82) is 0 Å². The number of para-hydroxylation sites is 2. The third-order valence-corrected chi connectivity index (χ3v) is 8.75. The van der Waals surface area contributed by atoms with Crippen LogP contribution in [-0.2, 0) is 23.0 Å². The molecule has 170 valence electrons. The van der Waals surface area contributed by atoms with Gasteiger partial charge in [-0.25, -0.2) is 8.42 Å². The molecule has 0 saturated heterocycles. The van der Waals surface area contributed by atoms with Crippen LogP contribution in [0.1, 0.15) is 21.5 Å². The van der Waals surface area contributed by atoms with Crippen LogP contribution < -0.4 is 9.11 Å². The van der Waals surface area contributed by atoms with E-state index in [0.717, 1.165) is 21.3 Å². The molecule has 1 aliphatic rings. The van der Waals surface area contributed by atoms with Crippen molar-refractivity contribution in [2.24, 2.45) is 4.99 Å². The lowest BCUT2D eigenvalue weighted by atomic mass is 10.2. The second-order valence-corrected chi connectivity index (χ2v) is 10.9. The molecule has 0 atom stereocenters. The minimum absolute atomic E-state index is 0.139. The van der Waals surface area contributed by atoms with E-state index in [2.05, 4.69) is 10.9 Å². The largest absolute Gasteiger partial charge is 0.304 e. The van der Waals surface area contributed by atoms with E-state index >= 15 is 0 Å². The summed E-state index contributed by atoms with van der Waals surface area (Å²) in [5.41, 5.74) is 4.04. The molecule has 34 heavy (non-hydrogen) atoms. The first-order chi connectivity index (χ1) is 16.4. The molecular weight excluding hydrogens is 466 g/mol. The van der Waals surface area contributed by atoms with Gasteiger partial charge in [-0.2, -0.15) is 4.99 Å². The molecule has 0 bridgehead atoms. The standard InChI is InChI=1S/C26H21N3O3S2/c1-3-16-28-24-18(2)7-6-10-23(24)33-26(28)27-25(30)20-11-13-21(14-12-20)34(31,32)29-17-15-19-8-4-5-9-22(19)29/h1,4-14H,15-17H2,2H3. The van der Waals surface area contributed by atoms with E-state index in [-0.39, 0.29) is 4.90 Å². The highest BCUT2D eigenvalue weighted by Crippen LogP contribution is 2.32. The van der Waals surface area contributed by atoms with Gasteiger partial charge in [0.2, 0.25) is 0 Å². The highest BCUT2D eigenvalue weighted by molar-refractivity contribution is 7.92. The number of nitrogens with zero attached hydrogens (tertiary/aromatic N) is 3. The van der Waals surface area contributed by atoms with E-state index in [9.17, 15) is 13.2 Å². The molecule has 3 aromatic carbocycles. The van der Waals surface area contributed by atoms with Crippen LogP contribution in [0.3, 0.4) is 0 Å². The summed E-state index contributed by atoms with van der Waals surface area (Å²) in [5, 5.41) is 0. The van der Waals surface area contributed by atoms with Crippen LogP contribution in [0.4, 0.5) is 5.69 Å². The van der Waals surface area contributed by atoms with Crippen LogP contribution in [0, 0.1) is 19.3 Å². The van der Waals surface area contributed by atoms with Crippen LogP contribution in [0.2, 0.25) is 0 Å². The molecule has 0 unspecified atom stereocenters. The number of hydrogen-bond acceptors (Lipinski definition) is 4. The molecule has 0 saturated carbocycles. The number of carbonyl (C=O) groups is 1. The van der Waals surface area contributed by atoms with Gasteiger partial charge in [-0.05, 0) is 60.9 Å². The van der Waals surface area contributed by atoms with E-state index in [0.29, 0.717) is 35.6 Å². The van der Waals surface area contributed by atoms with Crippen LogP contribution in [0.15, 0.2) is 76.6 Å². The van der Waals surface area contributed by atoms with Gasteiger partial charge in [-0.1, -0.05) is 47.6 Å². The monoisotopic (exact) mass is 487 g/mol. The number of anilines is 1. The summed E-state index contributed by atoms with van der Waals surface area (Å²) in [5.74, 6) is 2.17. The molecule has 1 amide bonds. The molecule has 4 aromatic rings. The molecule has 5 rings (SSSR count). The summed E-state index contributed by atoms with van der Waals surface area (Å²) in [6.45, 7) is 2.69. The van der Waals surface area contributed by atoms with Gasteiger partial charge in [-0.3, -0.25) is 9.10 Å². The lowest BCUT2D eigenvalue weighted by Gasteiger charge is -2.19. The van der Waals surface area contributed by atoms with Crippen molar-refractivity contribution in [3.63, 3.8) is 0 Å². The predicted molar refractivity (Wildman–Crippen MR) is 134 cm³/mol. The summed E-state index contributed by atoms with van der Waals surface area (Å²) in [7, 11) is -3.72. The Bertz CT molecular complexity index is 1640. The number of benzene rings is 3. The number of terminal acetylenes is 1. The van der Waals surface area contributed by atoms with Gasteiger partial charge in [0.15, 0.2) is 4.80 Å². The Morgan fingerprint density at radius 2 is 1.85 bits per heavy atom. The zero-order valence-corrected chi connectivity index (χ0v) is 20.1. The molecule has 6 nitrogen and oxygen atoms in total. The maximum atomic E-state index is 13.2. The van der Waals surface area contributed by atoms with Crippen molar-refractivity contribution in [3.05, 3.63) is 88.2 Å². The lowest BCUT2D eigenvalue weighted by Crippen LogP contribution is -2.29. The third-order valence-electron chi connectivity index (χ3n) is 5.88. The molecule has 1 aromatic heterocycles. The maximum Gasteiger partial charge on any atom is 0.279 e. The Kier molecular flexibility index (Phi) is 5.60. The molecule has 0 N–H and O–H groups in total. The third kappa shape index (κ3) is 3.73. The number of aryl methyl sites for hydroxylation is 1. The van der Waals surface area contributed by atoms with E-state index in [1.165, 1.54) is 39.9 Å². The fourth-order valence-corrected chi connectivity index (χ4v) is 6.85. The van der Waals surface area contributed by atoms with Gasteiger partial charge in [-0.15, -0.1) is 6.42 Å². The zero-order valence-electron chi connectivity index (χ0n) is 18.4. The number of fused-ring (bicyclic) bond motifs is 2. The van der Waals surface area contributed by atoms with Crippen molar-refractivity contribution in [3.8, 4) is 12.3 Å². The quantitative estimate of drug-likeness (QED) is 0.406. The van der Waals surface area contributed by atoms with Gasteiger partial charge in [0.25, 0.3) is 15.9 Å². The molecule has 2 heterocycles. The average molecular weight is 488 g/mol. The number of sulfonamides is 1. The Labute approximate surface area is 201 Å². The highest BCUT2D eigenvalue weighted by atomic mass is 32.2. The topological polar surface area (TPSA) is 71.7 Å². The van der Waals surface area contributed by atoms with E-state index in [1.54, 1.807) is 0 Å². The molecule has 1 aliphatic heterocycles. The summed E-state index contributed by atoms with van der Waals surface area (Å²) >= 11 is 1.40. The fourth-order valence-electron chi connectivity index (χ4n) is 4.24. The van der Waals surface area contributed by atoms with Crippen LogP contribution in [0.5, 0.6) is 0 Å². The first kappa shape index (κ1) is 22.1. The fraction of sp³-hybridized carbons (Fsp3) is 0.154. The minimum atomic E-state index is -3.72. The molecule has 8 heteroatoms. The van der Waals surface area contributed by atoms with E-state index < -0.39 is 15.9 Å². The molecule has 0 aliphatic carbocycles. The Morgan fingerprint density at radius 1 is 1.09 bits per heavy atom. The number of thiazole rings is 1. The second kappa shape index (κ2) is 8.60. The summed E-state index contributed by atoms with van der Waals surface area (Å²) < 4.78 is 30.7. The summed E-state index contributed by atoms with van der Waals surface area (Å²) in [6.07, 6.45) is 6.23. The summed E-state index contributed by atoms with van der Waals surface area (Å²) in [4.78, 5) is 17.9. The van der Waals surface area contributed by atoms with Gasteiger partial charge in [0.1, 0.15) is 0 Å². The number of aromatic nitrogens is 1. The molecule has 0 spiro atoms. The molecule has 0 fully saturated rings. The van der Waals surface area contributed by atoms with Gasteiger partial charge >= 0.3 is 0 Å². The summed E-state index contributed by atoms with van der Waals surface area (Å²) in [6, 6.07) is 19.3. The first-order valence-electron chi connectivity index (χ1n) is 10.7. The normalized spacial score (nSPS) is 13.8. The highest BCUT2D eigenvalue weighted by Gasteiger charge is 2.30. The van der Waals surface area contributed by atoms with Crippen LogP contribution >= 0.6 is 11.3 Å². The average Bonchev–Trinajstić information content (AvgIpc) is 3.42. The number of carbonyl (C=O) groups excluding carboxylic acids is 1. The van der Waals surface area contributed by atoms with Crippen molar-refractivity contribution >= 4 is 43.2 Å². The smallest absolute Gasteiger partial charge is 0.279 e.